The summed E-state index contributed by atoms with van der Waals surface area (Å²) < 4.78 is 11.3. The molecule has 0 amide bonds. The lowest BCUT2D eigenvalue weighted by molar-refractivity contribution is -0.144. The molecule has 0 heterocycles. The number of rotatable bonds is 38. The van der Waals surface area contributed by atoms with Crippen LogP contribution < -0.4 is 0 Å². The highest BCUT2D eigenvalue weighted by atomic mass is 16.5. The van der Waals surface area contributed by atoms with Crippen LogP contribution in [-0.2, 0) is 19.1 Å². The molecule has 0 radical (unpaired) electrons. The topological polar surface area (TPSA) is 59.1 Å². The summed E-state index contributed by atoms with van der Waals surface area (Å²) in [5, 5.41) is 0. The van der Waals surface area contributed by atoms with Gasteiger partial charge in [0.2, 0.25) is 0 Å². The van der Waals surface area contributed by atoms with Gasteiger partial charge < -0.3 is 14.4 Å². The zero-order valence-corrected chi connectivity index (χ0v) is 37.3. The van der Waals surface area contributed by atoms with Crippen molar-refractivity contribution in [1.82, 2.24) is 9.80 Å². The molecule has 1 aliphatic carbocycles. The van der Waals surface area contributed by atoms with Crippen molar-refractivity contribution in [1.29, 1.82) is 0 Å². The zero-order chi connectivity index (χ0) is 40.6. The second-order valence-corrected chi connectivity index (χ2v) is 16.6. The van der Waals surface area contributed by atoms with Crippen LogP contribution in [0.3, 0.4) is 0 Å². The van der Waals surface area contributed by atoms with Gasteiger partial charge in [-0.25, -0.2) is 0 Å². The fraction of sp³-hybridized carbons (Fsp3) is 0.800. The van der Waals surface area contributed by atoms with Crippen molar-refractivity contribution in [3.63, 3.8) is 0 Å². The summed E-state index contributed by atoms with van der Waals surface area (Å²) in [6.07, 6.45) is 52.7. The van der Waals surface area contributed by atoms with E-state index < -0.39 is 0 Å². The molecular weight excluding hydrogens is 693 g/mol. The minimum absolute atomic E-state index is 0.112. The molecule has 0 aliphatic heterocycles. The zero-order valence-electron chi connectivity index (χ0n) is 37.3. The lowest BCUT2D eigenvalue weighted by atomic mass is 9.89. The first-order valence-electron chi connectivity index (χ1n) is 23.8. The van der Waals surface area contributed by atoms with Crippen LogP contribution in [0.4, 0.5) is 0 Å². The molecule has 1 saturated carbocycles. The van der Waals surface area contributed by atoms with Crippen LogP contribution in [0.15, 0.2) is 48.6 Å². The molecule has 6 heteroatoms. The maximum atomic E-state index is 12.7. The van der Waals surface area contributed by atoms with E-state index in [9.17, 15) is 9.59 Å². The minimum Gasteiger partial charge on any atom is -0.466 e. The molecule has 1 fully saturated rings. The summed E-state index contributed by atoms with van der Waals surface area (Å²) in [5.74, 6) is -0.223. The first kappa shape index (κ1) is 51.8. The Labute approximate surface area is 347 Å². The van der Waals surface area contributed by atoms with Crippen LogP contribution in [0.5, 0.6) is 0 Å². The SMILES string of the molecule is CCCCC/C=C\C/C=C\CCCCCCCCOC(=O)CCN(CCC(=O)OCCCCCCCC/C=C\C/C=C\CCCCC)C1CCC(N(C)C)CC1. The van der Waals surface area contributed by atoms with Crippen LogP contribution in [0, 0.1) is 0 Å². The molecule has 0 aromatic carbocycles. The van der Waals surface area contributed by atoms with Gasteiger partial charge in [0.25, 0.3) is 0 Å². The van der Waals surface area contributed by atoms with Gasteiger partial charge >= 0.3 is 11.9 Å². The quantitative estimate of drug-likeness (QED) is 0.0353. The van der Waals surface area contributed by atoms with Gasteiger partial charge in [-0.1, -0.05) is 140 Å². The third-order valence-electron chi connectivity index (χ3n) is 11.3. The van der Waals surface area contributed by atoms with E-state index in [1.807, 2.05) is 0 Å². The average molecular weight is 783 g/mol. The molecular formula is C50H90N2O4. The number of carbonyl (C=O) groups is 2. The third-order valence-corrected chi connectivity index (χ3v) is 11.3. The van der Waals surface area contributed by atoms with Crippen molar-refractivity contribution < 1.29 is 19.1 Å². The molecule has 0 atom stereocenters. The van der Waals surface area contributed by atoms with E-state index in [4.69, 9.17) is 9.47 Å². The fourth-order valence-corrected chi connectivity index (χ4v) is 7.58. The Balaban J connectivity index is 2.17. The Kier molecular flexibility index (Phi) is 36.7. The summed E-state index contributed by atoms with van der Waals surface area (Å²) in [6.45, 7) is 6.84. The highest BCUT2D eigenvalue weighted by Gasteiger charge is 2.27. The summed E-state index contributed by atoms with van der Waals surface area (Å²) in [4.78, 5) is 30.1. The normalized spacial score (nSPS) is 16.5. The summed E-state index contributed by atoms with van der Waals surface area (Å²) in [5.41, 5.74) is 0. The van der Waals surface area contributed by atoms with E-state index >= 15 is 0 Å². The molecule has 0 N–H and O–H groups in total. The molecule has 0 aromatic rings. The number of allylic oxidation sites excluding steroid dienone is 8. The molecule has 0 saturated heterocycles. The maximum absolute atomic E-state index is 12.7. The van der Waals surface area contributed by atoms with Crippen LogP contribution in [0.2, 0.25) is 0 Å². The molecule has 6 nitrogen and oxygen atoms in total. The Morgan fingerprint density at radius 1 is 0.464 bits per heavy atom. The number of esters is 2. The van der Waals surface area contributed by atoms with Gasteiger partial charge in [0.1, 0.15) is 0 Å². The first-order chi connectivity index (χ1) is 27.5. The van der Waals surface area contributed by atoms with Gasteiger partial charge in [0, 0.05) is 25.2 Å². The molecule has 56 heavy (non-hydrogen) atoms. The Bertz CT molecular complexity index is 945. The lowest BCUT2D eigenvalue weighted by Gasteiger charge is -2.38. The Hall–Kier alpha value is -2.18. The number of hydrogen-bond donors (Lipinski definition) is 0. The number of hydrogen-bond acceptors (Lipinski definition) is 6. The number of nitrogens with zero attached hydrogens (tertiary/aromatic N) is 2. The molecule has 0 bridgehead atoms. The Morgan fingerprint density at radius 2 is 0.804 bits per heavy atom. The predicted octanol–water partition coefficient (Wildman–Crippen LogP) is 13.7. The minimum atomic E-state index is -0.112. The largest absolute Gasteiger partial charge is 0.466 e. The van der Waals surface area contributed by atoms with E-state index in [0.29, 0.717) is 51.2 Å². The van der Waals surface area contributed by atoms with Crippen molar-refractivity contribution in [2.75, 3.05) is 40.4 Å². The maximum Gasteiger partial charge on any atom is 0.307 e. The van der Waals surface area contributed by atoms with Crippen LogP contribution >= 0.6 is 0 Å². The fourth-order valence-electron chi connectivity index (χ4n) is 7.58. The molecule has 1 rings (SSSR count). The van der Waals surface area contributed by atoms with Crippen LogP contribution in [0.25, 0.3) is 0 Å². The van der Waals surface area contributed by atoms with Crippen molar-refractivity contribution in [2.45, 2.75) is 219 Å². The standard InChI is InChI=1S/C50H90N2O4/c1-5-7-9-11-13-15-17-19-21-23-25-27-29-31-33-35-45-55-49(53)41-43-52(48-39-37-47(38-40-48)51(3)4)44-42-50(54)56-46-36-34-32-30-28-26-24-22-20-18-16-14-12-10-8-6-2/h13-16,19-22,47-48H,5-12,17-18,23-46H2,1-4H3/b15-13-,16-14-,21-19-,22-20-. The van der Waals surface area contributed by atoms with Crippen molar-refractivity contribution in [2.24, 2.45) is 0 Å². The molecule has 0 unspecified atom stereocenters. The van der Waals surface area contributed by atoms with Gasteiger partial charge in [-0.15, -0.1) is 0 Å². The second kappa shape index (κ2) is 39.6. The van der Waals surface area contributed by atoms with E-state index in [0.717, 1.165) is 64.2 Å². The van der Waals surface area contributed by atoms with Crippen LogP contribution in [0.1, 0.15) is 206 Å². The highest BCUT2D eigenvalue weighted by Crippen LogP contribution is 2.26. The second-order valence-electron chi connectivity index (χ2n) is 16.6. The van der Waals surface area contributed by atoms with Gasteiger partial charge in [-0.3, -0.25) is 14.5 Å². The van der Waals surface area contributed by atoms with Gasteiger partial charge in [-0.2, -0.15) is 0 Å². The van der Waals surface area contributed by atoms with Gasteiger partial charge in [-0.05, 0) is 117 Å². The predicted molar refractivity (Wildman–Crippen MR) is 241 cm³/mol. The highest BCUT2D eigenvalue weighted by molar-refractivity contribution is 5.70. The monoisotopic (exact) mass is 783 g/mol. The molecule has 0 spiro atoms. The van der Waals surface area contributed by atoms with E-state index in [-0.39, 0.29) is 11.9 Å². The van der Waals surface area contributed by atoms with Crippen LogP contribution in [-0.4, -0.2) is 74.2 Å². The van der Waals surface area contributed by atoms with Gasteiger partial charge in [0.15, 0.2) is 0 Å². The number of unbranched alkanes of at least 4 members (excludes halogenated alkanes) is 18. The summed E-state index contributed by atoms with van der Waals surface area (Å²) in [6, 6.07) is 1.03. The molecule has 324 valence electrons. The van der Waals surface area contributed by atoms with Crippen molar-refractivity contribution in [3.8, 4) is 0 Å². The van der Waals surface area contributed by atoms with E-state index in [2.05, 4.69) is 86.4 Å². The smallest absolute Gasteiger partial charge is 0.307 e. The first-order valence-corrected chi connectivity index (χ1v) is 23.8. The summed E-state index contributed by atoms with van der Waals surface area (Å²) in [7, 11) is 4.33. The van der Waals surface area contributed by atoms with Crippen molar-refractivity contribution in [3.05, 3.63) is 48.6 Å². The summed E-state index contributed by atoms with van der Waals surface area (Å²) >= 11 is 0. The van der Waals surface area contributed by atoms with Gasteiger partial charge in [0.05, 0.1) is 26.1 Å². The number of ether oxygens (including phenoxy) is 2. The average Bonchev–Trinajstić information content (AvgIpc) is 3.20. The molecule has 1 aliphatic rings. The van der Waals surface area contributed by atoms with Crippen molar-refractivity contribution >= 4 is 11.9 Å². The Morgan fingerprint density at radius 3 is 1.18 bits per heavy atom. The lowest BCUT2D eigenvalue weighted by Crippen LogP contribution is -2.43. The third kappa shape index (κ3) is 32.9. The van der Waals surface area contributed by atoms with E-state index in [1.54, 1.807) is 0 Å². The number of carbonyl (C=O) groups excluding carboxylic acids is 2. The molecule has 0 aromatic heterocycles. The van der Waals surface area contributed by atoms with E-state index in [1.165, 1.54) is 116 Å².